The van der Waals surface area contributed by atoms with Crippen LogP contribution >= 0.6 is 11.8 Å². The number of aliphatic hydroxyl groups is 1. The normalized spacial score (nSPS) is 11.7. The fourth-order valence-corrected chi connectivity index (χ4v) is 2.05. The summed E-state index contributed by atoms with van der Waals surface area (Å²) in [4.78, 5) is 1.15. The molecule has 0 bridgehead atoms. The van der Waals surface area contributed by atoms with Crippen molar-refractivity contribution in [3.8, 4) is 0 Å². The van der Waals surface area contributed by atoms with Crippen LogP contribution in [0.1, 0.15) is 19.4 Å². The van der Waals surface area contributed by atoms with E-state index in [0.29, 0.717) is 5.75 Å². The predicted molar refractivity (Wildman–Crippen MR) is 62.6 cm³/mol. The van der Waals surface area contributed by atoms with Gasteiger partial charge in [-0.3, -0.25) is 0 Å². The highest BCUT2D eigenvalue weighted by atomic mass is 32.2. The highest BCUT2D eigenvalue weighted by Gasteiger charge is 2.13. The lowest BCUT2D eigenvalue weighted by Gasteiger charge is -2.17. The first kappa shape index (κ1) is 11.4. The number of nitrogen functional groups attached to an aromatic ring is 1. The minimum Gasteiger partial charge on any atom is -0.399 e. The van der Waals surface area contributed by atoms with Gasteiger partial charge in [-0.15, -0.1) is 11.8 Å². The van der Waals surface area contributed by atoms with Crippen molar-refractivity contribution < 1.29 is 5.11 Å². The van der Waals surface area contributed by atoms with Crippen LogP contribution in [0.25, 0.3) is 0 Å². The van der Waals surface area contributed by atoms with Crippen LogP contribution in [-0.4, -0.2) is 16.5 Å². The van der Waals surface area contributed by atoms with Crippen molar-refractivity contribution in [2.24, 2.45) is 0 Å². The maximum absolute atomic E-state index is 9.59. The van der Waals surface area contributed by atoms with Crippen LogP contribution < -0.4 is 5.73 Å². The van der Waals surface area contributed by atoms with Gasteiger partial charge in [0.15, 0.2) is 0 Å². The maximum atomic E-state index is 9.59. The second kappa shape index (κ2) is 4.24. The summed E-state index contributed by atoms with van der Waals surface area (Å²) in [6.07, 6.45) is 0. The number of anilines is 1. The third kappa shape index (κ3) is 3.60. The number of hydrogen-bond acceptors (Lipinski definition) is 3. The van der Waals surface area contributed by atoms with Crippen molar-refractivity contribution in [1.82, 2.24) is 0 Å². The zero-order valence-electron chi connectivity index (χ0n) is 8.87. The highest BCUT2D eigenvalue weighted by Crippen LogP contribution is 2.27. The van der Waals surface area contributed by atoms with Crippen molar-refractivity contribution in [1.29, 1.82) is 0 Å². The molecule has 0 amide bonds. The first-order chi connectivity index (χ1) is 6.38. The molecule has 1 aromatic carbocycles. The third-order valence-corrected chi connectivity index (χ3v) is 3.39. The van der Waals surface area contributed by atoms with Gasteiger partial charge in [0.05, 0.1) is 5.60 Å². The molecule has 0 unspecified atom stereocenters. The molecule has 3 heteroatoms. The van der Waals surface area contributed by atoms with Gasteiger partial charge in [-0.25, -0.2) is 0 Å². The van der Waals surface area contributed by atoms with Gasteiger partial charge in [-0.05, 0) is 38.5 Å². The number of aryl methyl sites for hydroxylation is 1. The zero-order valence-corrected chi connectivity index (χ0v) is 9.69. The molecule has 0 heterocycles. The van der Waals surface area contributed by atoms with Crippen LogP contribution in [0.3, 0.4) is 0 Å². The Kier molecular flexibility index (Phi) is 3.45. The minimum absolute atomic E-state index is 0.637. The van der Waals surface area contributed by atoms with Gasteiger partial charge in [0, 0.05) is 16.3 Å². The monoisotopic (exact) mass is 211 g/mol. The highest BCUT2D eigenvalue weighted by molar-refractivity contribution is 7.99. The topological polar surface area (TPSA) is 46.2 Å². The Bertz CT molecular complexity index is 318. The number of hydrogen-bond donors (Lipinski definition) is 2. The molecular weight excluding hydrogens is 194 g/mol. The van der Waals surface area contributed by atoms with Crippen LogP contribution in [-0.2, 0) is 0 Å². The van der Waals surface area contributed by atoms with Gasteiger partial charge >= 0.3 is 0 Å². The molecule has 2 nitrogen and oxygen atoms in total. The third-order valence-electron chi connectivity index (χ3n) is 1.79. The summed E-state index contributed by atoms with van der Waals surface area (Å²) in [5.41, 5.74) is 7.03. The molecule has 0 spiro atoms. The van der Waals surface area contributed by atoms with E-state index in [1.165, 1.54) is 5.56 Å². The summed E-state index contributed by atoms with van der Waals surface area (Å²) in [5, 5.41) is 9.59. The molecule has 0 aliphatic heterocycles. The predicted octanol–water partition coefficient (Wildman–Crippen LogP) is 2.44. The Morgan fingerprint density at radius 2 is 2.07 bits per heavy atom. The molecule has 3 N–H and O–H groups in total. The summed E-state index contributed by atoms with van der Waals surface area (Å²) in [6, 6.07) is 5.84. The average molecular weight is 211 g/mol. The number of nitrogens with two attached hydrogens (primary N) is 1. The molecular formula is C11H17NOS. The smallest absolute Gasteiger partial charge is 0.0685 e. The molecule has 78 valence electrons. The molecule has 0 fully saturated rings. The summed E-state index contributed by atoms with van der Waals surface area (Å²) < 4.78 is 0. The molecule has 0 atom stereocenters. The van der Waals surface area contributed by atoms with Gasteiger partial charge in [-0.1, -0.05) is 6.07 Å². The van der Waals surface area contributed by atoms with E-state index in [-0.39, 0.29) is 0 Å². The van der Waals surface area contributed by atoms with E-state index in [9.17, 15) is 5.11 Å². The number of thioether (sulfide) groups is 1. The summed E-state index contributed by atoms with van der Waals surface area (Å²) >= 11 is 1.64. The fourth-order valence-electron chi connectivity index (χ4n) is 1.03. The van der Waals surface area contributed by atoms with Gasteiger partial charge in [0.1, 0.15) is 0 Å². The number of rotatable bonds is 3. The van der Waals surface area contributed by atoms with Crippen molar-refractivity contribution in [2.45, 2.75) is 31.3 Å². The standard InChI is InChI=1S/C11H17NOS/c1-8-4-5-9(12)6-10(8)14-7-11(2,3)13/h4-6,13H,7,12H2,1-3H3. The van der Waals surface area contributed by atoms with Crippen LogP contribution in [0.15, 0.2) is 23.1 Å². The van der Waals surface area contributed by atoms with Crippen LogP contribution in [0.4, 0.5) is 5.69 Å². The Hall–Kier alpha value is -0.670. The van der Waals surface area contributed by atoms with Gasteiger partial charge in [-0.2, -0.15) is 0 Å². The number of benzene rings is 1. The Morgan fingerprint density at radius 1 is 1.43 bits per heavy atom. The molecule has 0 aromatic heterocycles. The Balaban J connectivity index is 2.72. The van der Waals surface area contributed by atoms with Gasteiger partial charge < -0.3 is 10.8 Å². The van der Waals surface area contributed by atoms with E-state index in [2.05, 4.69) is 0 Å². The first-order valence-corrected chi connectivity index (χ1v) is 5.58. The molecule has 0 saturated carbocycles. The Morgan fingerprint density at radius 3 is 2.64 bits per heavy atom. The van der Waals surface area contributed by atoms with Gasteiger partial charge in [0.25, 0.3) is 0 Å². The van der Waals surface area contributed by atoms with E-state index in [1.807, 2.05) is 39.0 Å². The van der Waals surface area contributed by atoms with Crippen LogP contribution in [0, 0.1) is 6.92 Å². The molecule has 0 saturated heterocycles. The quantitative estimate of drug-likeness (QED) is 0.596. The van der Waals surface area contributed by atoms with E-state index in [4.69, 9.17) is 5.73 Å². The van der Waals surface area contributed by atoms with Crippen LogP contribution in [0.2, 0.25) is 0 Å². The van der Waals surface area contributed by atoms with E-state index < -0.39 is 5.60 Å². The second-order valence-corrected chi connectivity index (χ2v) is 5.14. The molecule has 0 aliphatic rings. The lowest BCUT2D eigenvalue weighted by Crippen LogP contribution is -2.21. The summed E-state index contributed by atoms with van der Waals surface area (Å²) in [5.74, 6) is 0.678. The largest absolute Gasteiger partial charge is 0.399 e. The van der Waals surface area contributed by atoms with Crippen molar-refractivity contribution >= 4 is 17.4 Å². The SMILES string of the molecule is Cc1ccc(N)cc1SCC(C)(C)O. The average Bonchev–Trinajstić information content (AvgIpc) is 2.05. The zero-order chi connectivity index (χ0) is 10.8. The van der Waals surface area contributed by atoms with Gasteiger partial charge in [0.2, 0.25) is 0 Å². The summed E-state index contributed by atoms with van der Waals surface area (Å²) in [7, 11) is 0. The molecule has 0 aliphatic carbocycles. The summed E-state index contributed by atoms with van der Waals surface area (Å²) in [6.45, 7) is 5.66. The van der Waals surface area contributed by atoms with Crippen molar-refractivity contribution in [3.63, 3.8) is 0 Å². The first-order valence-electron chi connectivity index (χ1n) is 4.60. The van der Waals surface area contributed by atoms with E-state index in [0.717, 1.165) is 10.6 Å². The molecule has 0 radical (unpaired) electrons. The molecule has 1 rings (SSSR count). The lowest BCUT2D eigenvalue weighted by atomic mass is 10.2. The van der Waals surface area contributed by atoms with E-state index in [1.54, 1.807) is 11.8 Å². The van der Waals surface area contributed by atoms with Crippen LogP contribution in [0.5, 0.6) is 0 Å². The maximum Gasteiger partial charge on any atom is 0.0685 e. The minimum atomic E-state index is -0.637. The van der Waals surface area contributed by atoms with Crippen molar-refractivity contribution in [2.75, 3.05) is 11.5 Å². The second-order valence-electron chi connectivity index (χ2n) is 4.13. The Labute approximate surface area is 89.5 Å². The van der Waals surface area contributed by atoms with Crippen molar-refractivity contribution in [3.05, 3.63) is 23.8 Å². The fraction of sp³-hybridized carbons (Fsp3) is 0.455. The molecule has 14 heavy (non-hydrogen) atoms. The molecule has 1 aromatic rings. The lowest BCUT2D eigenvalue weighted by molar-refractivity contribution is 0.107. The van der Waals surface area contributed by atoms with E-state index >= 15 is 0 Å².